The van der Waals surface area contributed by atoms with Gasteiger partial charge in [-0.05, 0) is 73.9 Å². The van der Waals surface area contributed by atoms with Gasteiger partial charge >= 0.3 is 0 Å². The maximum absolute atomic E-state index is 13.4. The second kappa shape index (κ2) is 8.65. The fourth-order valence-corrected chi connectivity index (χ4v) is 5.01. The fraction of sp³-hybridized carbons (Fsp3) is 0.333. The zero-order chi connectivity index (χ0) is 22.1. The molecule has 5 rings (SSSR count). The summed E-state index contributed by atoms with van der Waals surface area (Å²) in [5.74, 6) is 0.953. The fourth-order valence-electron chi connectivity index (χ4n) is 5.01. The normalized spacial score (nSPS) is 19.8. The molecule has 1 aliphatic carbocycles. The molecule has 2 heterocycles. The van der Waals surface area contributed by atoms with Crippen LogP contribution in [0.3, 0.4) is 0 Å². The number of hydrogen-bond donors (Lipinski definition) is 0. The van der Waals surface area contributed by atoms with Crippen molar-refractivity contribution >= 4 is 12.0 Å². The minimum absolute atomic E-state index is 0.189. The van der Waals surface area contributed by atoms with Crippen LogP contribution in [0.25, 0.3) is 11.8 Å². The number of nitrogens with zero attached hydrogens (tertiary/aromatic N) is 3. The zero-order valence-corrected chi connectivity index (χ0v) is 18.8. The maximum atomic E-state index is 13.4. The summed E-state index contributed by atoms with van der Waals surface area (Å²) < 4.78 is 7.60. The van der Waals surface area contributed by atoms with Gasteiger partial charge in [-0.25, -0.2) is 4.98 Å². The predicted molar refractivity (Wildman–Crippen MR) is 126 cm³/mol. The molecule has 2 aromatic carbocycles. The first-order valence-corrected chi connectivity index (χ1v) is 11.4. The van der Waals surface area contributed by atoms with Crippen molar-refractivity contribution in [3.8, 4) is 11.4 Å². The van der Waals surface area contributed by atoms with Gasteiger partial charge in [-0.3, -0.25) is 4.79 Å². The molecule has 3 aromatic rings. The van der Waals surface area contributed by atoms with Crippen molar-refractivity contribution in [1.29, 1.82) is 0 Å². The second-order valence-corrected chi connectivity index (χ2v) is 8.79. The lowest BCUT2D eigenvalue weighted by atomic mass is 9.86. The van der Waals surface area contributed by atoms with Crippen molar-refractivity contribution in [3.05, 3.63) is 82.9 Å². The molecule has 0 N–H and O–H groups in total. The molecule has 2 aliphatic rings. The van der Waals surface area contributed by atoms with E-state index in [0.717, 1.165) is 66.9 Å². The van der Waals surface area contributed by atoms with Crippen LogP contribution < -0.4 is 4.74 Å². The third-order valence-electron chi connectivity index (χ3n) is 6.68. The van der Waals surface area contributed by atoms with Gasteiger partial charge < -0.3 is 14.2 Å². The van der Waals surface area contributed by atoms with E-state index in [1.807, 2.05) is 42.0 Å². The smallest absolute Gasteiger partial charge is 0.250 e. The number of ether oxygens (including phenoxy) is 1. The number of aryl methyl sites for hydroxylation is 2. The Kier molecular flexibility index (Phi) is 5.56. The van der Waals surface area contributed by atoms with Crippen LogP contribution in [-0.4, -0.2) is 40.1 Å². The summed E-state index contributed by atoms with van der Waals surface area (Å²) in [6.45, 7) is 2.82. The molecule has 1 atom stereocenters. The number of benzene rings is 2. The zero-order valence-electron chi connectivity index (χ0n) is 18.8. The average molecular weight is 428 g/mol. The summed E-state index contributed by atoms with van der Waals surface area (Å²) in [4.78, 5) is 19.8. The Bertz CT molecular complexity index is 1180. The molecular weight excluding hydrogens is 398 g/mol. The van der Waals surface area contributed by atoms with Crippen LogP contribution in [-0.2, 0) is 17.6 Å². The highest BCUT2D eigenvalue weighted by atomic mass is 16.5. The molecule has 1 aliphatic heterocycles. The third-order valence-corrected chi connectivity index (χ3v) is 6.68. The quantitative estimate of drug-likeness (QED) is 0.565. The van der Waals surface area contributed by atoms with Gasteiger partial charge in [0.1, 0.15) is 5.75 Å². The van der Waals surface area contributed by atoms with E-state index in [1.165, 1.54) is 11.1 Å². The van der Waals surface area contributed by atoms with Crippen molar-refractivity contribution in [2.24, 2.45) is 0 Å². The van der Waals surface area contributed by atoms with Gasteiger partial charge in [0.2, 0.25) is 5.91 Å². The molecule has 0 radical (unpaired) electrons. The molecule has 164 valence electrons. The molecule has 1 fully saturated rings. The Labute approximate surface area is 189 Å². The molecule has 5 heteroatoms. The highest BCUT2D eigenvalue weighted by Gasteiger charge is 2.31. The highest BCUT2D eigenvalue weighted by Crippen LogP contribution is 2.31. The predicted octanol–water partition coefficient (Wildman–Crippen LogP) is 4.75. The number of carbonyl (C=O) groups is 1. The number of likely N-dealkylation sites (tertiary alicyclic amines) is 1. The molecule has 1 saturated heterocycles. The minimum Gasteiger partial charge on any atom is -0.495 e. The summed E-state index contributed by atoms with van der Waals surface area (Å²) in [5.41, 5.74) is 6.60. The van der Waals surface area contributed by atoms with E-state index in [0.29, 0.717) is 6.04 Å². The number of hydrogen-bond acceptors (Lipinski definition) is 3. The Balaban J connectivity index is 1.38. The molecular formula is C27H29N3O2. The molecule has 0 spiro atoms. The average Bonchev–Trinajstić information content (AvgIpc) is 3.26. The number of amides is 1. The van der Waals surface area contributed by atoms with Crippen LogP contribution in [0.2, 0.25) is 0 Å². The first kappa shape index (κ1) is 20.6. The Hall–Kier alpha value is -3.34. The van der Waals surface area contributed by atoms with E-state index in [9.17, 15) is 4.79 Å². The van der Waals surface area contributed by atoms with Crippen LogP contribution in [0.1, 0.15) is 41.6 Å². The van der Waals surface area contributed by atoms with E-state index < -0.39 is 0 Å². The number of carbonyl (C=O) groups excluding carboxylic acids is 1. The maximum Gasteiger partial charge on any atom is 0.250 e. The van der Waals surface area contributed by atoms with Crippen LogP contribution in [0, 0.1) is 6.92 Å². The Morgan fingerprint density at radius 3 is 2.75 bits per heavy atom. The molecule has 32 heavy (non-hydrogen) atoms. The van der Waals surface area contributed by atoms with Crippen LogP contribution in [0.4, 0.5) is 0 Å². The lowest BCUT2D eigenvalue weighted by Gasteiger charge is -2.38. The van der Waals surface area contributed by atoms with Gasteiger partial charge in [0.15, 0.2) is 0 Å². The van der Waals surface area contributed by atoms with Gasteiger partial charge in [-0.15, -0.1) is 0 Å². The Morgan fingerprint density at radius 1 is 1.12 bits per heavy atom. The van der Waals surface area contributed by atoms with E-state index >= 15 is 0 Å². The Morgan fingerprint density at radius 2 is 1.97 bits per heavy atom. The van der Waals surface area contributed by atoms with Gasteiger partial charge in [-0.1, -0.05) is 30.3 Å². The molecule has 1 unspecified atom stereocenters. The molecule has 0 saturated carbocycles. The minimum atomic E-state index is 0.189. The first-order valence-electron chi connectivity index (χ1n) is 11.4. The van der Waals surface area contributed by atoms with Crippen LogP contribution >= 0.6 is 0 Å². The van der Waals surface area contributed by atoms with Crippen molar-refractivity contribution in [2.45, 2.75) is 45.1 Å². The highest BCUT2D eigenvalue weighted by molar-refractivity contribution is 5.98. The van der Waals surface area contributed by atoms with E-state index in [-0.39, 0.29) is 5.91 Å². The van der Waals surface area contributed by atoms with Gasteiger partial charge in [0, 0.05) is 24.4 Å². The van der Waals surface area contributed by atoms with E-state index in [1.54, 1.807) is 13.4 Å². The summed E-state index contributed by atoms with van der Waals surface area (Å²) >= 11 is 0. The third kappa shape index (κ3) is 3.95. The van der Waals surface area contributed by atoms with E-state index in [2.05, 4.69) is 34.1 Å². The molecule has 1 amide bonds. The molecule has 5 nitrogen and oxygen atoms in total. The first-order chi connectivity index (χ1) is 15.6. The number of imidazole rings is 1. The summed E-state index contributed by atoms with van der Waals surface area (Å²) in [6.07, 6.45) is 10.7. The van der Waals surface area contributed by atoms with Crippen LogP contribution in [0.5, 0.6) is 5.75 Å². The van der Waals surface area contributed by atoms with Crippen molar-refractivity contribution in [2.75, 3.05) is 13.7 Å². The number of aromatic nitrogens is 2. The van der Waals surface area contributed by atoms with Gasteiger partial charge in [0.25, 0.3) is 0 Å². The van der Waals surface area contributed by atoms with Gasteiger partial charge in [-0.2, -0.15) is 0 Å². The lowest BCUT2D eigenvalue weighted by Crippen LogP contribution is -2.46. The number of rotatable bonds is 4. The summed E-state index contributed by atoms with van der Waals surface area (Å²) in [6, 6.07) is 15.0. The largest absolute Gasteiger partial charge is 0.495 e. The number of fused-ring (bicyclic) bond motifs is 1. The number of methoxy groups -OCH3 is 1. The lowest BCUT2D eigenvalue weighted by molar-refractivity contribution is -0.131. The van der Waals surface area contributed by atoms with Crippen molar-refractivity contribution in [1.82, 2.24) is 14.5 Å². The standard InChI is InChI=1S/C27H29N3O2/c1-19-17-29(18-28-19)25-12-9-20(15-26(25)32-2)14-23-8-5-13-30(27(23)31)24-11-10-21-6-3-4-7-22(21)16-24/h3-4,6-7,9,12,14-15,17-18,24H,5,8,10-11,13,16H2,1-2H3/b23-14+. The van der Waals surface area contributed by atoms with E-state index in [4.69, 9.17) is 4.74 Å². The number of piperidine rings is 1. The van der Waals surface area contributed by atoms with Crippen molar-refractivity contribution < 1.29 is 9.53 Å². The monoisotopic (exact) mass is 427 g/mol. The molecule has 1 aromatic heterocycles. The summed E-state index contributed by atoms with van der Waals surface area (Å²) in [7, 11) is 1.67. The molecule has 0 bridgehead atoms. The second-order valence-electron chi connectivity index (χ2n) is 8.79. The topological polar surface area (TPSA) is 47.4 Å². The van der Waals surface area contributed by atoms with Gasteiger partial charge in [0.05, 0.1) is 24.8 Å². The van der Waals surface area contributed by atoms with Crippen molar-refractivity contribution in [3.63, 3.8) is 0 Å². The SMILES string of the molecule is COc1cc(/C=C2\CCCN(C3CCc4ccccc4C3)C2=O)ccc1-n1cnc(C)c1. The summed E-state index contributed by atoms with van der Waals surface area (Å²) in [5, 5.41) is 0. The van der Waals surface area contributed by atoms with Crippen LogP contribution in [0.15, 0.2) is 60.6 Å².